The molecular weight excluding hydrogens is 332 g/mol. The van der Waals surface area contributed by atoms with Gasteiger partial charge in [-0.2, -0.15) is 0 Å². The van der Waals surface area contributed by atoms with Crippen LogP contribution in [-0.4, -0.2) is 31.9 Å². The monoisotopic (exact) mass is 346 g/mol. The second-order valence-electron chi connectivity index (χ2n) is 6.00. The molecule has 1 aliphatic carbocycles. The van der Waals surface area contributed by atoms with E-state index in [0.717, 1.165) is 12.8 Å². The van der Waals surface area contributed by atoms with Gasteiger partial charge in [0, 0.05) is 5.92 Å². The number of hydrogen-bond acceptors (Lipinski definition) is 4. The first-order valence-corrected chi connectivity index (χ1v) is 8.12. The van der Waals surface area contributed by atoms with Crippen LogP contribution in [0.15, 0.2) is 36.4 Å². The number of carboxylic acid groups (broad SMARTS) is 1. The molecule has 4 rings (SSSR count). The van der Waals surface area contributed by atoms with Crippen LogP contribution in [0.2, 0.25) is 0 Å². The number of carboxylic acids is 1. The fourth-order valence-electron chi connectivity index (χ4n) is 2.47. The lowest BCUT2D eigenvalue weighted by Gasteiger charge is -2.01. The summed E-state index contributed by atoms with van der Waals surface area (Å²) >= 11 is 0. The molecule has 0 aliphatic heterocycles. The van der Waals surface area contributed by atoms with Gasteiger partial charge < -0.3 is 10.1 Å². The van der Waals surface area contributed by atoms with Crippen LogP contribution in [0.1, 0.15) is 39.4 Å². The van der Waals surface area contributed by atoms with E-state index in [0.29, 0.717) is 17.1 Å². The zero-order valence-corrected chi connectivity index (χ0v) is 13.6. The van der Waals surface area contributed by atoms with Gasteiger partial charge in [0.25, 0.3) is 5.91 Å². The van der Waals surface area contributed by atoms with Crippen LogP contribution in [0.25, 0.3) is 11.0 Å². The molecule has 0 spiro atoms. The van der Waals surface area contributed by atoms with E-state index in [2.05, 4.69) is 32.1 Å². The van der Waals surface area contributed by atoms with E-state index in [9.17, 15) is 14.7 Å². The maximum Gasteiger partial charge on any atom is 0.337 e. The molecule has 3 aromatic rings. The van der Waals surface area contributed by atoms with Crippen molar-refractivity contribution in [1.82, 2.24) is 15.0 Å². The number of rotatable bonds is 3. The van der Waals surface area contributed by atoms with E-state index in [1.807, 2.05) is 0 Å². The number of pyridine rings is 1. The third-order valence-corrected chi connectivity index (χ3v) is 3.94. The fraction of sp³-hybridized carbons (Fsp3) is 0.158. The molecule has 1 aromatic carbocycles. The number of imidazole rings is 1. The molecule has 0 unspecified atom stereocenters. The van der Waals surface area contributed by atoms with Gasteiger partial charge in [0.1, 0.15) is 16.9 Å². The van der Waals surface area contributed by atoms with E-state index >= 15 is 0 Å². The van der Waals surface area contributed by atoms with Crippen molar-refractivity contribution in [1.29, 1.82) is 0 Å². The Hall–Kier alpha value is -3.66. The number of anilines is 1. The number of carbonyl (C=O) groups is 2. The Morgan fingerprint density at radius 1 is 1.15 bits per heavy atom. The highest BCUT2D eigenvalue weighted by Gasteiger charge is 2.18. The number of H-pyrrole nitrogens is 1. The predicted octanol–water partition coefficient (Wildman–Crippen LogP) is 2.67. The van der Waals surface area contributed by atoms with Crippen molar-refractivity contribution in [3.8, 4) is 11.8 Å². The molecule has 7 nitrogen and oxygen atoms in total. The Bertz CT molecular complexity index is 1090. The van der Waals surface area contributed by atoms with Crippen LogP contribution in [0.5, 0.6) is 0 Å². The zero-order valence-electron chi connectivity index (χ0n) is 13.6. The molecule has 128 valence electrons. The molecule has 1 aliphatic rings. The molecule has 0 atom stereocenters. The molecule has 7 heteroatoms. The molecule has 0 saturated heterocycles. The van der Waals surface area contributed by atoms with Crippen molar-refractivity contribution in [2.75, 3.05) is 5.32 Å². The maximum absolute atomic E-state index is 12.4. The number of fused-ring (bicyclic) bond motifs is 1. The lowest BCUT2D eigenvalue weighted by atomic mass is 10.2. The van der Waals surface area contributed by atoms with Gasteiger partial charge in [-0.05, 0) is 43.0 Å². The largest absolute Gasteiger partial charge is 0.478 e. The molecule has 1 saturated carbocycles. The quantitative estimate of drug-likeness (QED) is 0.632. The number of aromatic carboxylic acids is 1. The summed E-state index contributed by atoms with van der Waals surface area (Å²) < 4.78 is 0. The topological polar surface area (TPSA) is 108 Å². The molecule has 1 amide bonds. The van der Waals surface area contributed by atoms with Crippen LogP contribution in [0.4, 0.5) is 5.95 Å². The standard InChI is InChI=1S/C19H14N4O3/c24-17(15-6-1-3-12(20-15)10-9-11-7-8-11)23-19-21-14-5-2-4-13(18(25)26)16(14)22-19/h1-6,11H,7-8H2,(H,25,26)(H2,21,22,23,24). The minimum absolute atomic E-state index is 0.0646. The Labute approximate surface area is 148 Å². The molecule has 0 radical (unpaired) electrons. The highest BCUT2D eigenvalue weighted by atomic mass is 16.4. The predicted molar refractivity (Wildman–Crippen MR) is 94.8 cm³/mol. The van der Waals surface area contributed by atoms with Gasteiger partial charge in [-0.1, -0.05) is 18.1 Å². The van der Waals surface area contributed by atoms with Crippen molar-refractivity contribution in [3.63, 3.8) is 0 Å². The molecular formula is C19H14N4O3. The normalized spacial score (nSPS) is 13.1. The number of aromatic nitrogens is 3. The first-order chi connectivity index (χ1) is 12.6. The molecule has 0 bridgehead atoms. The smallest absolute Gasteiger partial charge is 0.337 e. The third-order valence-electron chi connectivity index (χ3n) is 3.94. The number of aromatic amines is 1. The number of amides is 1. The Morgan fingerprint density at radius 3 is 2.73 bits per heavy atom. The van der Waals surface area contributed by atoms with Crippen molar-refractivity contribution < 1.29 is 14.7 Å². The van der Waals surface area contributed by atoms with Crippen molar-refractivity contribution >= 4 is 28.9 Å². The first kappa shape index (κ1) is 15.8. The molecule has 26 heavy (non-hydrogen) atoms. The highest BCUT2D eigenvalue weighted by Crippen LogP contribution is 2.27. The number of nitrogens with one attached hydrogen (secondary N) is 2. The summed E-state index contributed by atoms with van der Waals surface area (Å²) in [4.78, 5) is 35.0. The van der Waals surface area contributed by atoms with Gasteiger partial charge in [-0.3, -0.25) is 10.1 Å². The third kappa shape index (κ3) is 3.26. The van der Waals surface area contributed by atoms with Gasteiger partial charge in [0.15, 0.2) is 0 Å². The van der Waals surface area contributed by atoms with E-state index < -0.39 is 11.9 Å². The Morgan fingerprint density at radius 2 is 1.96 bits per heavy atom. The summed E-state index contributed by atoms with van der Waals surface area (Å²) in [5.41, 5.74) is 1.63. The van der Waals surface area contributed by atoms with E-state index in [-0.39, 0.29) is 22.7 Å². The van der Waals surface area contributed by atoms with E-state index in [4.69, 9.17) is 0 Å². The van der Waals surface area contributed by atoms with Crippen molar-refractivity contribution in [2.24, 2.45) is 5.92 Å². The Balaban J connectivity index is 1.57. The van der Waals surface area contributed by atoms with Crippen molar-refractivity contribution in [2.45, 2.75) is 12.8 Å². The van der Waals surface area contributed by atoms with Gasteiger partial charge in [-0.25, -0.2) is 14.8 Å². The summed E-state index contributed by atoms with van der Waals surface area (Å²) in [6, 6.07) is 9.83. The minimum atomic E-state index is -1.08. The van der Waals surface area contributed by atoms with E-state index in [1.54, 1.807) is 30.3 Å². The second-order valence-corrected chi connectivity index (χ2v) is 6.00. The highest BCUT2D eigenvalue weighted by molar-refractivity contribution is 6.04. The molecule has 2 heterocycles. The SMILES string of the molecule is O=C(Nc1nc2c(C(=O)O)cccc2[nH]1)c1cccc(C#CC2CC2)n1. The van der Waals surface area contributed by atoms with Gasteiger partial charge in [0.2, 0.25) is 5.95 Å². The average Bonchev–Trinajstić information content (AvgIpc) is 3.37. The summed E-state index contributed by atoms with van der Waals surface area (Å²) in [5.74, 6) is 5.17. The number of benzene rings is 1. The molecule has 3 N–H and O–H groups in total. The van der Waals surface area contributed by atoms with Crippen LogP contribution in [0.3, 0.4) is 0 Å². The molecule has 2 aromatic heterocycles. The van der Waals surface area contributed by atoms with Crippen LogP contribution in [0, 0.1) is 17.8 Å². The first-order valence-electron chi connectivity index (χ1n) is 8.12. The van der Waals surface area contributed by atoms with Gasteiger partial charge in [-0.15, -0.1) is 0 Å². The van der Waals surface area contributed by atoms with Gasteiger partial charge >= 0.3 is 5.97 Å². The number of hydrogen-bond donors (Lipinski definition) is 3. The van der Waals surface area contributed by atoms with Crippen LogP contribution in [-0.2, 0) is 0 Å². The lowest BCUT2D eigenvalue weighted by Crippen LogP contribution is -2.15. The van der Waals surface area contributed by atoms with Crippen molar-refractivity contribution in [3.05, 3.63) is 53.3 Å². The average molecular weight is 346 g/mol. The number of carbonyl (C=O) groups excluding carboxylic acids is 1. The maximum atomic E-state index is 12.4. The van der Waals surface area contributed by atoms with Crippen LogP contribution >= 0.6 is 0 Å². The minimum Gasteiger partial charge on any atom is -0.478 e. The van der Waals surface area contributed by atoms with Crippen LogP contribution < -0.4 is 5.32 Å². The fourth-order valence-corrected chi connectivity index (χ4v) is 2.47. The summed E-state index contributed by atoms with van der Waals surface area (Å²) in [7, 11) is 0. The summed E-state index contributed by atoms with van der Waals surface area (Å²) in [6.45, 7) is 0. The lowest BCUT2D eigenvalue weighted by molar-refractivity contribution is 0.0698. The van der Waals surface area contributed by atoms with E-state index in [1.165, 1.54) is 6.07 Å². The second kappa shape index (κ2) is 6.33. The number of nitrogens with zero attached hydrogens (tertiary/aromatic N) is 2. The zero-order chi connectivity index (χ0) is 18.1. The summed E-state index contributed by atoms with van der Waals surface area (Å²) in [6.07, 6.45) is 2.25. The molecule has 1 fully saturated rings. The number of para-hydroxylation sites is 1. The van der Waals surface area contributed by atoms with Gasteiger partial charge in [0.05, 0.1) is 11.1 Å². The summed E-state index contributed by atoms with van der Waals surface area (Å²) in [5, 5.41) is 11.8. The Kier molecular flexibility index (Phi) is 3.86.